The van der Waals surface area contributed by atoms with E-state index in [1.807, 2.05) is 124 Å². The number of hydrazine groups is 1. The average molecular weight is 1760 g/mol. The van der Waals surface area contributed by atoms with Crippen molar-refractivity contribution in [3.8, 4) is 17.3 Å². The maximum Gasteiger partial charge on any atom is 0.416 e. The highest BCUT2D eigenvalue weighted by Gasteiger charge is 2.44. The second kappa shape index (κ2) is 51.1. The molecule has 1 aliphatic heterocycles. The maximum atomic E-state index is 14.1. The molecule has 10 rings (SSSR count). The van der Waals surface area contributed by atoms with Crippen LogP contribution >= 0.6 is 46.2 Å². The van der Waals surface area contributed by atoms with E-state index in [-0.39, 0.29) is 51.9 Å². The molecule has 32 nitrogen and oxygen atoms in total. The van der Waals surface area contributed by atoms with Crippen LogP contribution in [0.25, 0.3) is 31.9 Å². The lowest BCUT2D eigenvalue weighted by atomic mass is 9.98. The van der Waals surface area contributed by atoms with Crippen molar-refractivity contribution in [3.63, 3.8) is 0 Å². The van der Waals surface area contributed by atoms with E-state index in [1.165, 1.54) is 74.2 Å². The number of imidazole rings is 1. The van der Waals surface area contributed by atoms with Gasteiger partial charge < -0.3 is 39.3 Å². The zero-order valence-electron chi connectivity index (χ0n) is 72.5. The third kappa shape index (κ3) is 28.3. The van der Waals surface area contributed by atoms with Crippen LogP contribution in [0.3, 0.4) is 0 Å². The molecule has 5 heterocycles. The van der Waals surface area contributed by atoms with Crippen LogP contribution in [-0.4, -0.2) is 142 Å². The molecule has 5 amide bonds. The Labute approximate surface area is 740 Å². The van der Waals surface area contributed by atoms with Crippen molar-refractivity contribution in [1.82, 2.24) is 39.1 Å². The van der Waals surface area contributed by atoms with E-state index in [9.17, 15) is 28.8 Å². The fraction of sp³-hybridized carbons (Fsp3) is 0.375. The fourth-order valence-electron chi connectivity index (χ4n) is 11.9. The first kappa shape index (κ1) is 98.2. The molecule has 1 aliphatic rings. The highest BCUT2D eigenvalue weighted by molar-refractivity contribution is 7.96. The van der Waals surface area contributed by atoms with Crippen molar-refractivity contribution in [2.45, 2.75) is 158 Å². The molecule has 36 heteroatoms. The first-order valence-corrected chi connectivity index (χ1v) is 43.5. The molecule has 0 unspecified atom stereocenters. The highest BCUT2D eigenvalue weighted by atomic mass is 32.2. The third-order valence-electron chi connectivity index (χ3n) is 18.5. The van der Waals surface area contributed by atoms with Crippen LogP contribution in [0.5, 0.6) is 0 Å². The van der Waals surface area contributed by atoms with Crippen LogP contribution in [-0.2, 0) is 44.5 Å². The Morgan fingerprint density at radius 1 is 0.661 bits per heavy atom. The van der Waals surface area contributed by atoms with Gasteiger partial charge in [-0.1, -0.05) is 161 Å². The molecule has 0 saturated heterocycles. The van der Waals surface area contributed by atoms with E-state index in [1.54, 1.807) is 35.8 Å². The summed E-state index contributed by atoms with van der Waals surface area (Å²) in [6.45, 7) is 50.4. The zero-order chi connectivity index (χ0) is 90.2. The standard InChI is InChI=1S/C34H35N5O4S.C25H34N8O.C18H21N5O2S.C11H13N5O2S2/c1-6-8-20-37(21-9-7-2)34-36-30(25-16-12-10-13-17-25)28(44-34)22-27-23(3)29(35-5)33(43)39(32(27)42)38(24(4)40)31(41)26-18-14-11-15-19-26;1-7-10-15-32(16-11-8-2)20-13-14-21(22(18-20)28-19(4)34)30-31-25-29-23(26-5)24(27-6)33(25)17-12-9-3;1-5-23(8-9-25-14(4)24)15-6-7-17(12(2)10-15)20-21-18-16(11-19)13(3)22-26-18;1-16(2)9-6-4-8(5-7-9)12-13-10-14-15-11(19-10)20-18-17-3/h10-19,22H,6-9,20-21H2,1-4H3;13-14,18H,7-12,15-17H2,1-4H3,(H,28,34);6-7,10H,5,8-9H2,1-4H3;4-7H,1-3H3. The van der Waals surface area contributed by atoms with Crippen LogP contribution in [0, 0.1) is 44.9 Å². The molecule has 0 fully saturated rings. The van der Waals surface area contributed by atoms with Gasteiger partial charge in [0.15, 0.2) is 10.1 Å². The lowest BCUT2D eigenvalue weighted by molar-refractivity contribution is -0.163. The van der Waals surface area contributed by atoms with Crippen molar-refractivity contribution in [3.05, 3.63) is 200 Å². The number of imide groups is 2. The number of ether oxygens (including phenoxy) is 1. The third-order valence-corrected chi connectivity index (χ3v) is 21.9. The smallest absolute Gasteiger partial charge is 0.416 e. The second-order valence-corrected chi connectivity index (χ2v) is 31.5. The molecule has 648 valence electrons. The summed E-state index contributed by atoms with van der Waals surface area (Å²) in [7, 11) is 5.39. The molecule has 0 bridgehead atoms. The second-order valence-electron chi connectivity index (χ2n) is 27.8. The number of thiazole rings is 1. The summed E-state index contributed by atoms with van der Waals surface area (Å²) in [6.07, 6.45) is 11.9. The monoisotopic (exact) mass is 1750 g/mol. The SMILES string of the molecule is CCN(CCOC(C)=O)c1ccc(N=Nc2snc(C)c2C#N)c(C)c1.COOSc1nnc(N=Nc2ccc(N(C)C)cc2)s1.[C-]#[N+]C1=C(C)C(=Cc2sc(N(CCCC)CCCC)nc2-c2ccccc2)C(=O)N(N(C(C)=O)C(=O)c2ccccc2)C1=O.[C-]#[N+]c1nc(N=Nc2ccc(N(CCCC)CCCC)cc2NC(C)=O)n(CCCC)c1[N+]#[C-]. The Morgan fingerprint density at radius 2 is 1.27 bits per heavy atom. The highest BCUT2D eigenvalue weighted by Crippen LogP contribution is 2.41. The number of carbonyl (C=O) groups is 6. The summed E-state index contributed by atoms with van der Waals surface area (Å²) in [5, 5.41) is 47.7. The number of nitrogens with one attached hydrogen (secondary N) is 1. The van der Waals surface area contributed by atoms with Gasteiger partial charge in [0.25, 0.3) is 40.2 Å². The zero-order valence-corrected chi connectivity index (χ0v) is 75.8. The van der Waals surface area contributed by atoms with Crippen LogP contribution in [0.2, 0.25) is 0 Å². The molecular formula is C88H103N23O9S4. The number of azo groups is 3. The molecule has 5 aromatic carbocycles. The molecule has 124 heavy (non-hydrogen) atoms. The van der Waals surface area contributed by atoms with Crippen molar-refractivity contribution in [2.24, 2.45) is 30.7 Å². The minimum atomic E-state index is -1.03. The molecule has 1 N–H and O–H groups in total. The lowest BCUT2D eigenvalue weighted by Gasteiger charge is -2.34. The predicted molar refractivity (Wildman–Crippen MR) is 489 cm³/mol. The van der Waals surface area contributed by atoms with Crippen molar-refractivity contribution in [2.75, 3.05) is 92.0 Å². The van der Waals surface area contributed by atoms with Gasteiger partial charge in [-0.15, -0.1) is 35.8 Å². The maximum absolute atomic E-state index is 14.1. The number of benzene rings is 5. The Balaban J connectivity index is 0.000000236. The summed E-state index contributed by atoms with van der Waals surface area (Å²) in [6, 6.07) is 39.0. The minimum absolute atomic E-state index is 0.0278. The number of hydrogen-bond acceptors (Lipinski definition) is 29. The lowest BCUT2D eigenvalue weighted by Crippen LogP contribution is -2.57. The summed E-state index contributed by atoms with van der Waals surface area (Å²) < 4.78 is 16.1. The van der Waals surface area contributed by atoms with Gasteiger partial charge in [-0.05, 0) is 161 Å². The van der Waals surface area contributed by atoms with Crippen molar-refractivity contribution < 1.29 is 42.7 Å². The fourth-order valence-corrected chi connectivity index (χ4v) is 14.7. The Hall–Kier alpha value is -12.9. The summed E-state index contributed by atoms with van der Waals surface area (Å²) in [5.41, 5.74) is 9.30. The Morgan fingerprint density at radius 3 is 1.84 bits per heavy atom. The molecule has 0 aliphatic carbocycles. The molecule has 0 saturated carbocycles. The van der Waals surface area contributed by atoms with Crippen LogP contribution in [0.4, 0.5) is 72.7 Å². The van der Waals surface area contributed by atoms with E-state index < -0.39 is 23.6 Å². The van der Waals surface area contributed by atoms with E-state index in [0.29, 0.717) is 77.4 Å². The number of nitrogens with zero attached hydrogens (tertiary/aromatic N) is 22. The number of carbonyl (C=O) groups excluding carboxylic acids is 6. The largest absolute Gasteiger partial charge is 0.464 e. The molecule has 4 aromatic heterocycles. The van der Waals surface area contributed by atoms with E-state index >= 15 is 0 Å². The van der Waals surface area contributed by atoms with Gasteiger partial charge in [-0.3, -0.25) is 28.8 Å². The predicted octanol–water partition coefficient (Wildman–Crippen LogP) is 22.4. The minimum Gasteiger partial charge on any atom is -0.464 e. The quantitative estimate of drug-likeness (QED) is 0.00552. The van der Waals surface area contributed by atoms with Gasteiger partial charge in [0.2, 0.25) is 16.2 Å². The normalized spacial score (nSPS) is 12.0. The Bertz CT molecular complexity index is 5420. The molecule has 0 radical (unpaired) electrons. The van der Waals surface area contributed by atoms with Crippen LogP contribution in [0.15, 0.2) is 173 Å². The molecule has 0 spiro atoms. The number of likely N-dealkylation sites (N-methyl/N-ethyl adjacent to an activating group) is 1. The van der Waals surface area contributed by atoms with Gasteiger partial charge >= 0.3 is 11.9 Å². The number of rotatable bonds is 37. The number of hydrogen-bond donors (Lipinski definition) is 1. The number of unbranched alkanes of at least 4 members (excludes halogenated alkanes) is 5. The Kier molecular flexibility index (Phi) is 40.5. The average Bonchev–Trinajstić information content (AvgIpc) is 1.04. The van der Waals surface area contributed by atoms with Gasteiger partial charge in [-0.2, -0.15) is 24.0 Å². The number of nitriles is 1. The van der Waals surface area contributed by atoms with Crippen LogP contribution < -0.4 is 24.9 Å². The van der Waals surface area contributed by atoms with E-state index in [4.69, 9.17) is 34.7 Å². The van der Waals surface area contributed by atoms with Crippen molar-refractivity contribution in [1.29, 1.82) is 5.26 Å². The van der Waals surface area contributed by atoms with Gasteiger partial charge in [-0.25, -0.2) is 19.3 Å². The summed E-state index contributed by atoms with van der Waals surface area (Å²) >= 11 is 4.84. The van der Waals surface area contributed by atoms with Gasteiger partial charge in [0, 0.05) is 101 Å². The first-order valence-electron chi connectivity index (χ1n) is 40.4. The summed E-state index contributed by atoms with van der Waals surface area (Å²) in [5.74, 6) is -3.64. The number of amides is 5. The van der Waals surface area contributed by atoms with E-state index in [2.05, 4.69) is 135 Å². The molecular weight excluding hydrogens is 1650 g/mol. The first-order chi connectivity index (χ1) is 59.8. The number of aryl methyl sites for hydroxylation is 2. The molecule has 9 aromatic rings. The molecule has 0 atom stereocenters. The van der Waals surface area contributed by atoms with Crippen LogP contribution in [0.1, 0.15) is 166 Å². The van der Waals surface area contributed by atoms with E-state index in [0.717, 1.165) is 161 Å². The van der Waals surface area contributed by atoms with Gasteiger partial charge in [0.1, 0.15) is 36.0 Å². The number of aromatic nitrogens is 6. The topological polar surface area (TPSA) is 342 Å². The number of anilines is 5. The summed E-state index contributed by atoms with van der Waals surface area (Å²) in [4.78, 5) is 110. The van der Waals surface area contributed by atoms with Gasteiger partial charge in [0.05, 0.1) is 60.1 Å². The number of esters is 1. The van der Waals surface area contributed by atoms with Crippen molar-refractivity contribution >= 4 is 160 Å².